The lowest BCUT2D eigenvalue weighted by Crippen LogP contribution is -2.32. The molecule has 1 aliphatic rings. The van der Waals surface area contributed by atoms with Crippen LogP contribution >= 0.6 is 0 Å². The number of carbonyl (C=O) groups is 2. The summed E-state index contributed by atoms with van der Waals surface area (Å²) in [6.45, 7) is 0. The van der Waals surface area contributed by atoms with Crippen LogP contribution in [0.2, 0.25) is 0 Å². The van der Waals surface area contributed by atoms with Crippen LogP contribution in [0.15, 0.2) is 78.5 Å². The lowest BCUT2D eigenvalue weighted by molar-refractivity contribution is -0.120. The van der Waals surface area contributed by atoms with Crippen LogP contribution in [0.25, 0.3) is 5.57 Å². The van der Waals surface area contributed by atoms with Crippen LogP contribution in [-0.4, -0.2) is 40.1 Å². The van der Waals surface area contributed by atoms with Crippen molar-refractivity contribution in [3.05, 3.63) is 84.1 Å². The summed E-state index contributed by atoms with van der Waals surface area (Å²) in [5.41, 5.74) is 3.25. The zero-order valence-corrected chi connectivity index (χ0v) is 19.0. The third kappa shape index (κ3) is 4.13. The third-order valence-corrected chi connectivity index (χ3v) is 5.42. The average Bonchev–Trinajstić information content (AvgIpc) is 3.08. The fraction of sp³-hybridized carbons (Fsp3) is 0.154. The van der Waals surface area contributed by atoms with Crippen molar-refractivity contribution in [1.82, 2.24) is 0 Å². The molecule has 4 rings (SSSR count). The number of anilines is 3. The van der Waals surface area contributed by atoms with Crippen molar-refractivity contribution in [2.45, 2.75) is 0 Å². The van der Waals surface area contributed by atoms with Gasteiger partial charge in [0.05, 0.1) is 25.5 Å². The second-order valence-corrected chi connectivity index (χ2v) is 7.67. The molecule has 0 unspecified atom stereocenters. The molecule has 0 aromatic heterocycles. The second-order valence-electron chi connectivity index (χ2n) is 7.67. The first-order chi connectivity index (χ1) is 15.9. The zero-order chi connectivity index (χ0) is 23.5. The molecule has 33 heavy (non-hydrogen) atoms. The number of hydrogen-bond acceptors (Lipinski definition) is 6. The molecule has 0 fully saturated rings. The van der Waals surface area contributed by atoms with Gasteiger partial charge in [0, 0.05) is 31.5 Å². The standard InChI is InChI=1S/C26H25N3O4/c1-28(2)19-11-13-20(14-12-19)29-25(30)23(17-8-6-5-7-9-17)24(26(29)31)27-18-10-15-21(32-3)22(16-18)33-4/h5-16,27H,1-4H3. The third-order valence-electron chi connectivity index (χ3n) is 5.42. The van der Waals surface area contributed by atoms with Gasteiger partial charge in [-0.2, -0.15) is 0 Å². The van der Waals surface area contributed by atoms with E-state index in [-0.39, 0.29) is 11.6 Å². The summed E-state index contributed by atoms with van der Waals surface area (Å²) in [7, 11) is 6.96. The number of nitrogens with zero attached hydrogens (tertiary/aromatic N) is 2. The van der Waals surface area contributed by atoms with Gasteiger partial charge in [-0.05, 0) is 42.0 Å². The number of amides is 2. The van der Waals surface area contributed by atoms with Gasteiger partial charge in [-0.1, -0.05) is 30.3 Å². The van der Waals surface area contributed by atoms with Gasteiger partial charge >= 0.3 is 0 Å². The molecule has 1 heterocycles. The summed E-state index contributed by atoms with van der Waals surface area (Å²) in [5.74, 6) is 0.270. The minimum atomic E-state index is -0.425. The first kappa shape index (κ1) is 22.0. The van der Waals surface area contributed by atoms with Crippen LogP contribution in [0.3, 0.4) is 0 Å². The van der Waals surface area contributed by atoms with Crippen molar-refractivity contribution in [3.63, 3.8) is 0 Å². The van der Waals surface area contributed by atoms with Gasteiger partial charge in [0.2, 0.25) is 0 Å². The molecule has 7 heteroatoms. The van der Waals surface area contributed by atoms with Gasteiger partial charge in [-0.3, -0.25) is 9.59 Å². The summed E-state index contributed by atoms with van der Waals surface area (Å²) in [4.78, 5) is 30.2. The Labute approximate surface area is 192 Å². The maximum absolute atomic E-state index is 13.5. The highest BCUT2D eigenvalue weighted by atomic mass is 16.5. The fourth-order valence-corrected chi connectivity index (χ4v) is 3.71. The van der Waals surface area contributed by atoms with Gasteiger partial charge in [0.1, 0.15) is 5.70 Å². The summed E-state index contributed by atoms with van der Waals surface area (Å²) < 4.78 is 10.7. The van der Waals surface area contributed by atoms with E-state index in [4.69, 9.17) is 9.47 Å². The normalized spacial score (nSPS) is 13.4. The number of methoxy groups -OCH3 is 2. The molecule has 3 aromatic rings. The van der Waals surface area contributed by atoms with Crippen LogP contribution in [0.1, 0.15) is 5.56 Å². The predicted molar refractivity (Wildman–Crippen MR) is 130 cm³/mol. The Morgan fingerprint density at radius 3 is 2.06 bits per heavy atom. The lowest BCUT2D eigenvalue weighted by Gasteiger charge is -2.18. The Hall–Kier alpha value is -4.26. The molecule has 7 nitrogen and oxygen atoms in total. The number of benzene rings is 3. The molecule has 0 saturated carbocycles. The topological polar surface area (TPSA) is 71.1 Å². The molecule has 3 aromatic carbocycles. The average molecular weight is 444 g/mol. The Kier molecular flexibility index (Phi) is 6.04. The molecule has 0 radical (unpaired) electrons. The van der Waals surface area contributed by atoms with Crippen molar-refractivity contribution < 1.29 is 19.1 Å². The van der Waals surface area contributed by atoms with Crippen LogP contribution in [0, 0.1) is 0 Å². The van der Waals surface area contributed by atoms with Gasteiger partial charge in [-0.25, -0.2) is 4.90 Å². The van der Waals surface area contributed by atoms with Gasteiger partial charge < -0.3 is 19.7 Å². The largest absolute Gasteiger partial charge is 0.493 e. The van der Waals surface area contributed by atoms with E-state index in [1.54, 1.807) is 44.6 Å². The van der Waals surface area contributed by atoms with Crippen LogP contribution in [0.4, 0.5) is 17.1 Å². The van der Waals surface area contributed by atoms with Crippen LogP contribution in [0.5, 0.6) is 11.5 Å². The van der Waals surface area contributed by atoms with Gasteiger partial charge in [0.25, 0.3) is 11.8 Å². The smallest absolute Gasteiger partial charge is 0.282 e. The number of nitrogens with one attached hydrogen (secondary N) is 1. The predicted octanol–water partition coefficient (Wildman–Crippen LogP) is 4.17. The van der Waals surface area contributed by atoms with E-state index in [0.717, 1.165) is 5.69 Å². The number of ether oxygens (including phenoxy) is 2. The summed E-state index contributed by atoms with van der Waals surface area (Å²) >= 11 is 0. The van der Waals surface area contributed by atoms with Gasteiger partial charge in [0.15, 0.2) is 11.5 Å². The highest BCUT2D eigenvalue weighted by Crippen LogP contribution is 2.36. The molecule has 1 aliphatic heterocycles. The lowest BCUT2D eigenvalue weighted by atomic mass is 10.0. The van der Waals surface area contributed by atoms with E-state index in [2.05, 4.69) is 5.32 Å². The fourth-order valence-electron chi connectivity index (χ4n) is 3.71. The van der Waals surface area contributed by atoms with Crippen molar-refractivity contribution in [2.75, 3.05) is 43.4 Å². The molecule has 0 aliphatic carbocycles. The molecule has 168 valence electrons. The van der Waals surface area contributed by atoms with E-state index in [0.29, 0.717) is 34.0 Å². The zero-order valence-electron chi connectivity index (χ0n) is 19.0. The SMILES string of the molecule is COc1ccc(NC2=C(c3ccccc3)C(=O)N(c3ccc(N(C)C)cc3)C2=O)cc1OC. The molecular weight excluding hydrogens is 418 g/mol. The number of imide groups is 1. The minimum absolute atomic E-state index is 0.204. The molecule has 0 atom stereocenters. The van der Waals surface area contributed by atoms with E-state index in [1.165, 1.54) is 4.90 Å². The molecule has 0 saturated heterocycles. The number of carbonyl (C=O) groups excluding carboxylic acids is 2. The highest BCUT2D eigenvalue weighted by Gasteiger charge is 2.40. The van der Waals surface area contributed by atoms with Gasteiger partial charge in [-0.15, -0.1) is 0 Å². The quantitative estimate of drug-likeness (QED) is 0.553. The van der Waals surface area contributed by atoms with Crippen LogP contribution in [-0.2, 0) is 9.59 Å². The Balaban J connectivity index is 1.77. The monoisotopic (exact) mass is 443 g/mol. The second kappa shape index (κ2) is 9.08. The maximum Gasteiger partial charge on any atom is 0.282 e. The molecule has 1 N–H and O–H groups in total. The van der Waals surface area contributed by atoms with Crippen LogP contribution < -0.4 is 24.6 Å². The Morgan fingerprint density at radius 2 is 1.45 bits per heavy atom. The summed E-state index contributed by atoms with van der Waals surface area (Å²) in [5, 5.41) is 3.15. The number of hydrogen-bond donors (Lipinski definition) is 1. The maximum atomic E-state index is 13.5. The molecular formula is C26H25N3O4. The first-order valence-corrected chi connectivity index (χ1v) is 10.4. The Morgan fingerprint density at radius 1 is 0.788 bits per heavy atom. The van der Waals surface area contributed by atoms with E-state index >= 15 is 0 Å². The Bertz CT molecular complexity index is 1220. The van der Waals surface area contributed by atoms with Crippen molar-refractivity contribution in [2.24, 2.45) is 0 Å². The van der Waals surface area contributed by atoms with Crippen molar-refractivity contribution >= 4 is 34.4 Å². The summed E-state index contributed by atoms with van der Waals surface area (Å²) in [6, 6.07) is 21.7. The van der Waals surface area contributed by atoms with E-state index in [1.807, 2.05) is 61.5 Å². The first-order valence-electron chi connectivity index (χ1n) is 10.4. The molecule has 0 spiro atoms. The molecule has 0 bridgehead atoms. The van der Waals surface area contributed by atoms with E-state index < -0.39 is 5.91 Å². The number of rotatable bonds is 7. The minimum Gasteiger partial charge on any atom is -0.493 e. The van der Waals surface area contributed by atoms with E-state index in [9.17, 15) is 9.59 Å². The highest BCUT2D eigenvalue weighted by molar-refractivity contribution is 6.46. The summed E-state index contributed by atoms with van der Waals surface area (Å²) in [6.07, 6.45) is 0. The van der Waals surface area contributed by atoms with Crippen molar-refractivity contribution in [1.29, 1.82) is 0 Å². The molecule has 2 amide bonds. The van der Waals surface area contributed by atoms with Crippen molar-refractivity contribution in [3.8, 4) is 11.5 Å².